The van der Waals surface area contributed by atoms with Crippen LogP contribution < -0.4 is 15.4 Å². The fourth-order valence-corrected chi connectivity index (χ4v) is 4.64. The van der Waals surface area contributed by atoms with Gasteiger partial charge in [0.05, 0.1) is 30.4 Å². The van der Waals surface area contributed by atoms with E-state index in [1.165, 1.54) is 0 Å². The first-order chi connectivity index (χ1) is 15.1. The number of fused-ring (bicyclic) bond motifs is 2. The number of para-hydroxylation sites is 2. The molecule has 1 aliphatic carbocycles. The molecule has 0 bridgehead atoms. The standard InChI is InChI=1S/C26H23ClN2O2/c1-31-20-12-8-16(9-13-20)18-14-23-25(24(30)15-18)26(17-6-10-19(27)11-7-17)29-22-5-3-2-4-21(22)28-23/h2-14,18,25-26,28-29H,15H2,1H3. The van der Waals surface area contributed by atoms with Gasteiger partial charge in [-0.15, -0.1) is 0 Å². The first-order valence-corrected chi connectivity index (χ1v) is 10.8. The van der Waals surface area contributed by atoms with Crippen LogP contribution in [0.2, 0.25) is 5.02 Å². The number of carbonyl (C=O) groups is 1. The van der Waals surface area contributed by atoms with Crippen molar-refractivity contribution in [1.29, 1.82) is 0 Å². The highest BCUT2D eigenvalue weighted by Gasteiger charge is 2.39. The normalized spacial score (nSPS) is 22.2. The molecule has 2 aliphatic rings. The molecule has 0 radical (unpaired) electrons. The average molecular weight is 431 g/mol. The Bertz CT molecular complexity index is 1140. The van der Waals surface area contributed by atoms with Crippen LogP contribution in [0.25, 0.3) is 0 Å². The quantitative estimate of drug-likeness (QED) is 0.520. The van der Waals surface area contributed by atoms with Gasteiger partial charge in [-0.3, -0.25) is 4.79 Å². The van der Waals surface area contributed by atoms with Crippen molar-refractivity contribution < 1.29 is 9.53 Å². The van der Waals surface area contributed by atoms with Gasteiger partial charge in [-0.25, -0.2) is 0 Å². The highest BCUT2D eigenvalue weighted by molar-refractivity contribution is 6.30. The molecule has 0 aromatic heterocycles. The van der Waals surface area contributed by atoms with Crippen LogP contribution in [0.1, 0.15) is 29.5 Å². The third kappa shape index (κ3) is 3.79. The van der Waals surface area contributed by atoms with Gasteiger partial charge in [-0.1, -0.05) is 54.1 Å². The van der Waals surface area contributed by atoms with Crippen molar-refractivity contribution in [2.45, 2.75) is 18.4 Å². The molecule has 31 heavy (non-hydrogen) atoms. The van der Waals surface area contributed by atoms with E-state index in [2.05, 4.69) is 16.7 Å². The molecule has 3 atom stereocenters. The van der Waals surface area contributed by atoms with Crippen LogP contribution in [0.5, 0.6) is 5.75 Å². The number of carbonyl (C=O) groups excluding carboxylic acids is 1. The summed E-state index contributed by atoms with van der Waals surface area (Å²) in [5, 5.41) is 7.84. The van der Waals surface area contributed by atoms with E-state index in [1.807, 2.05) is 72.8 Å². The Morgan fingerprint density at radius 3 is 2.29 bits per heavy atom. The van der Waals surface area contributed by atoms with Crippen molar-refractivity contribution in [1.82, 2.24) is 0 Å². The molecular weight excluding hydrogens is 408 g/mol. The Kier molecular flexibility index (Phi) is 5.16. The van der Waals surface area contributed by atoms with Gasteiger partial charge >= 0.3 is 0 Å². The molecule has 4 nitrogen and oxygen atoms in total. The van der Waals surface area contributed by atoms with Crippen molar-refractivity contribution in [2.24, 2.45) is 5.92 Å². The van der Waals surface area contributed by atoms with Crippen molar-refractivity contribution in [2.75, 3.05) is 17.7 Å². The number of Topliss-reactive ketones (excluding diaryl/α,β-unsaturated/α-hetero) is 1. The lowest BCUT2D eigenvalue weighted by atomic mass is 9.76. The molecular formula is C26H23ClN2O2. The van der Waals surface area contributed by atoms with Gasteiger partial charge in [-0.2, -0.15) is 0 Å². The number of benzene rings is 3. The number of nitrogens with one attached hydrogen (secondary N) is 2. The predicted octanol–water partition coefficient (Wildman–Crippen LogP) is 6.18. The number of hydrogen-bond donors (Lipinski definition) is 2. The smallest absolute Gasteiger partial charge is 0.145 e. The van der Waals surface area contributed by atoms with Crippen LogP contribution in [0.4, 0.5) is 11.4 Å². The Balaban J connectivity index is 1.58. The Morgan fingerprint density at radius 2 is 1.58 bits per heavy atom. The van der Waals surface area contributed by atoms with Gasteiger partial charge in [0.25, 0.3) is 0 Å². The highest BCUT2D eigenvalue weighted by Crippen LogP contribution is 2.44. The molecule has 0 saturated carbocycles. The fourth-order valence-electron chi connectivity index (χ4n) is 4.52. The maximum atomic E-state index is 13.5. The predicted molar refractivity (Wildman–Crippen MR) is 125 cm³/mol. The van der Waals surface area contributed by atoms with Crippen molar-refractivity contribution >= 4 is 28.8 Å². The van der Waals surface area contributed by atoms with Crippen LogP contribution in [0.3, 0.4) is 0 Å². The lowest BCUT2D eigenvalue weighted by Crippen LogP contribution is -2.33. The molecule has 2 N–H and O–H groups in total. The van der Waals surface area contributed by atoms with Crippen LogP contribution in [-0.4, -0.2) is 12.9 Å². The van der Waals surface area contributed by atoms with E-state index in [-0.39, 0.29) is 23.7 Å². The van der Waals surface area contributed by atoms with Crippen LogP contribution >= 0.6 is 11.6 Å². The second-order valence-corrected chi connectivity index (χ2v) is 8.43. The Hall–Kier alpha value is -3.24. The summed E-state index contributed by atoms with van der Waals surface area (Å²) in [7, 11) is 1.66. The van der Waals surface area contributed by atoms with E-state index in [9.17, 15) is 4.79 Å². The van der Waals surface area contributed by atoms with Gasteiger partial charge in [0.15, 0.2) is 0 Å². The van der Waals surface area contributed by atoms with E-state index in [0.29, 0.717) is 11.4 Å². The average Bonchev–Trinajstić information content (AvgIpc) is 2.96. The van der Waals surface area contributed by atoms with E-state index < -0.39 is 0 Å². The maximum Gasteiger partial charge on any atom is 0.145 e. The molecule has 1 aliphatic heterocycles. The molecule has 0 saturated heterocycles. The highest BCUT2D eigenvalue weighted by atomic mass is 35.5. The zero-order valence-corrected chi connectivity index (χ0v) is 17.9. The zero-order chi connectivity index (χ0) is 21.4. The zero-order valence-electron chi connectivity index (χ0n) is 17.1. The molecule has 0 fully saturated rings. The maximum absolute atomic E-state index is 13.5. The fraction of sp³-hybridized carbons (Fsp3) is 0.192. The summed E-state index contributed by atoms with van der Waals surface area (Å²) in [5.74, 6) is 0.743. The summed E-state index contributed by atoms with van der Waals surface area (Å²) in [5.41, 5.74) is 5.03. The molecule has 0 spiro atoms. The monoisotopic (exact) mass is 430 g/mol. The van der Waals surface area contributed by atoms with Crippen molar-refractivity contribution in [3.8, 4) is 5.75 Å². The summed E-state index contributed by atoms with van der Waals surface area (Å²) in [6.45, 7) is 0. The van der Waals surface area contributed by atoms with Gasteiger partial charge in [0.1, 0.15) is 11.5 Å². The summed E-state index contributed by atoms with van der Waals surface area (Å²) in [6.07, 6.45) is 2.67. The molecule has 156 valence electrons. The molecule has 3 aromatic carbocycles. The van der Waals surface area contributed by atoms with Gasteiger partial charge in [0.2, 0.25) is 0 Å². The number of halogens is 1. The van der Waals surface area contributed by atoms with Gasteiger partial charge in [-0.05, 0) is 47.5 Å². The van der Waals surface area contributed by atoms with Gasteiger partial charge in [0, 0.05) is 23.1 Å². The third-order valence-corrected chi connectivity index (χ3v) is 6.36. The minimum absolute atomic E-state index is 0.0216. The van der Waals surface area contributed by atoms with Gasteiger partial charge < -0.3 is 15.4 Å². The SMILES string of the molecule is COc1ccc(C2C=C3Nc4ccccc4NC(c4ccc(Cl)cc4)C3C(=O)C2)cc1. The first kappa shape index (κ1) is 19.7. The molecule has 3 unspecified atom stereocenters. The molecule has 5 rings (SSSR count). The van der Waals surface area contributed by atoms with E-state index >= 15 is 0 Å². The first-order valence-electron chi connectivity index (χ1n) is 10.4. The number of ketones is 1. The number of hydrogen-bond acceptors (Lipinski definition) is 4. The second-order valence-electron chi connectivity index (χ2n) is 7.99. The molecule has 1 heterocycles. The topological polar surface area (TPSA) is 50.4 Å². The summed E-state index contributed by atoms with van der Waals surface area (Å²) >= 11 is 6.12. The van der Waals surface area contributed by atoms with Crippen LogP contribution in [-0.2, 0) is 4.79 Å². The summed E-state index contributed by atoms with van der Waals surface area (Å²) < 4.78 is 5.28. The number of allylic oxidation sites excluding steroid dienone is 1. The number of methoxy groups -OCH3 is 1. The molecule has 5 heteroatoms. The summed E-state index contributed by atoms with van der Waals surface area (Å²) in [6, 6.07) is 23.6. The number of ether oxygens (including phenoxy) is 1. The lowest BCUT2D eigenvalue weighted by Gasteiger charge is -2.32. The minimum Gasteiger partial charge on any atom is -0.497 e. The van der Waals surface area contributed by atoms with E-state index in [4.69, 9.17) is 16.3 Å². The summed E-state index contributed by atoms with van der Waals surface area (Å²) in [4.78, 5) is 13.5. The van der Waals surface area contributed by atoms with Crippen LogP contribution in [0.15, 0.2) is 84.6 Å². The second kappa shape index (κ2) is 8.12. The van der Waals surface area contributed by atoms with E-state index in [1.54, 1.807) is 7.11 Å². The Morgan fingerprint density at radius 1 is 0.903 bits per heavy atom. The van der Waals surface area contributed by atoms with E-state index in [0.717, 1.165) is 33.9 Å². The van der Waals surface area contributed by atoms with Crippen molar-refractivity contribution in [3.05, 3.63) is 101 Å². The minimum atomic E-state index is -0.303. The lowest BCUT2D eigenvalue weighted by molar-refractivity contribution is -0.122. The number of anilines is 2. The molecule has 0 amide bonds. The largest absolute Gasteiger partial charge is 0.497 e. The van der Waals surface area contributed by atoms with Crippen LogP contribution in [0, 0.1) is 5.92 Å². The third-order valence-electron chi connectivity index (χ3n) is 6.11. The Labute approximate surface area is 186 Å². The number of rotatable bonds is 3. The molecule has 3 aromatic rings. The van der Waals surface area contributed by atoms with Crippen molar-refractivity contribution in [3.63, 3.8) is 0 Å².